The molecular formula is C18H17Br2NO2. The highest BCUT2D eigenvalue weighted by Gasteiger charge is 2.36. The van der Waals surface area contributed by atoms with Crippen LogP contribution in [0.3, 0.4) is 0 Å². The number of likely N-dealkylation sites (tertiary alicyclic amines) is 1. The smallest absolute Gasteiger partial charge is 0.254 e. The van der Waals surface area contributed by atoms with Crippen molar-refractivity contribution in [3.8, 4) is 0 Å². The predicted octanol–water partition coefficient (Wildman–Crippen LogP) is 4.34. The molecule has 0 bridgehead atoms. The molecule has 1 atom stereocenters. The van der Waals surface area contributed by atoms with Gasteiger partial charge in [-0.2, -0.15) is 0 Å². The number of benzene rings is 2. The molecule has 5 heteroatoms. The Labute approximate surface area is 152 Å². The highest BCUT2D eigenvalue weighted by atomic mass is 79.9. The zero-order chi connectivity index (χ0) is 16.4. The maximum absolute atomic E-state index is 12.8. The first-order valence-electron chi connectivity index (χ1n) is 7.52. The average molecular weight is 439 g/mol. The zero-order valence-electron chi connectivity index (χ0n) is 12.5. The molecule has 0 saturated carbocycles. The summed E-state index contributed by atoms with van der Waals surface area (Å²) in [5.41, 5.74) is 0.522. The maximum atomic E-state index is 12.8. The number of β-amino-alcohol motifs (C(OH)–C–C–N with tert-alkyl or cyclic N) is 1. The summed E-state index contributed by atoms with van der Waals surface area (Å²) in [5.74, 6) is -0.0488. The molecule has 0 aliphatic carbocycles. The fraction of sp³-hybridized carbons (Fsp3) is 0.278. The van der Waals surface area contributed by atoms with Gasteiger partial charge in [-0.05, 0) is 68.5 Å². The van der Waals surface area contributed by atoms with Crippen molar-refractivity contribution < 1.29 is 9.90 Å². The fourth-order valence-corrected chi connectivity index (χ4v) is 3.63. The third kappa shape index (κ3) is 3.52. The van der Waals surface area contributed by atoms with Crippen LogP contribution in [0.2, 0.25) is 0 Å². The molecular weight excluding hydrogens is 422 g/mol. The molecule has 3 nitrogen and oxygen atoms in total. The molecule has 1 fully saturated rings. The Hall–Kier alpha value is -1.17. The predicted molar refractivity (Wildman–Crippen MR) is 97.3 cm³/mol. The molecule has 0 radical (unpaired) electrons. The minimum atomic E-state index is -0.970. The van der Waals surface area contributed by atoms with Crippen molar-refractivity contribution in [1.29, 1.82) is 0 Å². The summed E-state index contributed by atoms with van der Waals surface area (Å²) in [5, 5.41) is 11.0. The van der Waals surface area contributed by atoms with Crippen LogP contribution in [0.5, 0.6) is 0 Å². The first-order chi connectivity index (χ1) is 11.0. The Balaban J connectivity index is 1.83. The fourth-order valence-electron chi connectivity index (χ4n) is 3.01. The van der Waals surface area contributed by atoms with Crippen molar-refractivity contribution in [2.24, 2.45) is 0 Å². The van der Waals surface area contributed by atoms with Crippen LogP contribution in [-0.2, 0) is 5.60 Å². The molecule has 1 N–H and O–H groups in total. The lowest BCUT2D eigenvalue weighted by Crippen LogP contribution is -2.48. The van der Waals surface area contributed by atoms with Crippen LogP contribution in [0.15, 0.2) is 57.5 Å². The molecule has 1 unspecified atom stereocenters. The van der Waals surface area contributed by atoms with E-state index in [0.717, 1.165) is 20.9 Å². The second-order valence-electron chi connectivity index (χ2n) is 5.86. The second kappa shape index (κ2) is 6.75. The molecule has 2 aromatic rings. The van der Waals surface area contributed by atoms with E-state index in [9.17, 15) is 9.90 Å². The van der Waals surface area contributed by atoms with Crippen molar-refractivity contribution >= 4 is 37.8 Å². The number of piperidine rings is 1. The Bertz CT molecular complexity index is 720. The lowest BCUT2D eigenvalue weighted by molar-refractivity contribution is -0.0289. The highest BCUT2D eigenvalue weighted by molar-refractivity contribution is 9.13. The molecule has 1 aliphatic rings. The summed E-state index contributed by atoms with van der Waals surface area (Å²) in [6.07, 6.45) is 1.46. The topological polar surface area (TPSA) is 40.5 Å². The van der Waals surface area contributed by atoms with E-state index in [0.29, 0.717) is 25.1 Å². The highest BCUT2D eigenvalue weighted by Crippen LogP contribution is 2.32. The molecule has 1 saturated heterocycles. The number of hydrogen-bond donors (Lipinski definition) is 1. The van der Waals surface area contributed by atoms with E-state index in [1.165, 1.54) is 0 Å². The van der Waals surface area contributed by atoms with E-state index < -0.39 is 5.60 Å². The van der Waals surface area contributed by atoms with Crippen molar-refractivity contribution in [3.05, 3.63) is 68.6 Å². The SMILES string of the molecule is O=C(c1ccc(Br)c(Br)c1)N1CCCC(O)(c2ccccc2)C1. The van der Waals surface area contributed by atoms with Gasteiger partial charge in [0.15, 0.2) is 0 Å². The molecule has 23 heavy (non-hydrogen) atoms. The number of nitrogens with zero attached hydrogens (tertiary/aromatic N) is 1. The number of amides is 1. The molecule has 1 amide bonds. The third-order valence-corrected chi connectivity index (χ3v) is 6.12. The normalized spacial score (nSPS) is 21.3. The lowest BCUT2D eigenvalue weighted by Gasteiger charge is -2.39. The van der Waals surface area contributed by atoms with Crippen LogP contribution >= 0.6 is 31.9 Å². The van der Waals surface area contributed by atoms with Crippen LogP contribution in [-0.4, -0.2) is 29.0 Å². The monoisotopic (exact) mass is 437 g/mol. The van der Waals surface area contributed by atoms with E-state index in [4.69, 9.17) is 0 Å². The Morgan fingerprint density at radius 1 is 1.09 bits per heavy atom. The molecule has 120 valence electrons. The van der Waals surface area contributed by atoms with Crippen LogP contribution < -0.4 is 0 Å². The summed E-state index contributed by atoms with van der Waals surface area (Å²) in [7, 11) is 0. The van der Waals surface area contributed by atoms with Gasteiger partial charge in [-0.1, -0.05) is 30.3 Å². The zero-order valence-corrected chi connectivity index (χ0v) is 15.7. The van der Waals surface area contributed by atoms with Gasteiger partial charge in [-0.25, -0.2) is 0 Å². The summed E-state index contributed by atoms with van der Waals surface area (Å²) in [4.78, 5) is 14.5. The first-order valence-corrected chi connectivity index (χ1v) is 9.10. The number of hydrogen-bond acceptors (Lipinski definition) is 2. The quantitative estimate of drug-likeness (QED) is 0.757. The van der Waals surface area contributed by atoms with Gasteiger partial charge in [0, 0.05) is 21.1 Å². The number of rotatable bonds is 2. The summed E-state index contributed by atoms with van der Waals surface area (Å²) >= 11 is 6.84. The third-order valence-electron chi connectivity index (χ3n) is 4.24. The molecule has 3 rings (SSSR count). The van der Waals surface area contributed by atoms with Gasteiger partial charge in [-0.15, -0.1) is 0 Å². The van der Waals surface area contributed by atoms with Crippen LogP contribution in [0.1, 0.15) is 28.8 Å². The number of carbonyl (C=O) groups is 1. The largest absolute Gasteiger partial charge is 0.383 e. The van der Waals surface area contributed by atoms with E-state index in [-0.39, 0.29) is 5.91 Å². The van der Waals surface area contributed by atoms with E-state index in [1.807, 2.05) is 42.5 Å². The van der Waals surface area contributed by atoms with Crippen molar-refractivity contribution in [3.63, 3.8) is 0 Å². The number of carbonyl (C=O) groups excluding carboxylic acids is 1. The lowest BCUT2D eigenvalue weighted by atomic mass is 9.85. The summed E-state index contributed by atoms with van der Waals surface area (Å²) < 4.78 is 1.76. The molecule has 0 aromatic heterocycles. The van der Waals surface area contributed by atoms with Crippen molar-refractivity contribution in [2.45, 2.75) is 18.4 Å². The van der Waals surface area contributed by atoms with Crippen molar-refractivity contribution in [1.82, 2.24) is 4.90 Å². The average Bonchev–Trinajstić information content (AvgIpc) is 2.57. The van der Waals surface area contributed by atoms with E-state index in [1.54, 1.807) is 11.0 Å². The molecule has 2 aromatic carbocycles. The minimum absolute atomic E-state index is 0.0488. The van der Waals surface area contributed by atoms with Crippen molar-refractivity contribution in [2.75, 3.05) is 13.1 Å². The van der Waals surface area contributed by atoms with Gasteiger partial charge in [0.2, 0.25) is 0 Å². The van der Waals surface area contributed by atoms with Gasteiger partial charge < -0.3 is 10.0 Å². The Morgan fingerprint density at radius 2 is 1.83 bits per heavy atom. The molecule has 0 spiro atoms. The van der Waals surface area contributed by atoms with Crippen LogP contribution in [0, 0.1) is 0 Å². The first kappa shape index (κ1) is 16.7. The molecule has 1 aliphatic heterocycles. The van der Waals surface area contributed by atoms with Crippen LogP contribution in [0.25, 0.3) is 0 Å². The Morgan fingerprint density at radius 3 is 2.52 bits per heavy atom. The Kier molecular flexibility index (Phi) is 4.90. The maximum Gasteiger partial charge on any atom is 0.254 e. The second-order valence-corrected chi connectivity index (χ2v) is 7.57. The van der Waals surface area contributed by atoms with Gasteiger partial charge >= 0.3 is 0 Å². The van der Waals surface area contributed by atoms with Gasteiger partial charge in [0.1, 0.15) is 5.60 Å². The van der Waals surface area contributed by atoms with E-state index >= 15 is 0 Å². The summed E-state index contributed by atoms with van der Waals surface area (Å²) in [6.45, 7) is 0.991. The van der Waals surface area contributed by atoms with Gasteiger partial charge in [-0.3, -0.25) is 4.79 Å². The van der Waals surface area contributed by atoms with Gasteiger partial charge in [0.05, 0.1) is 6.54 Å². The van der Waals surface area contributed by atoms with Gasteiger partial charge in [0.25, 0.3) is 5.91 Å². The minimum Gasteiger partial charge on any atom is -0.383 e. The van der Waals surface area contributed by atoms with E-state index in [2.05, 4.69) is 31.9 Å². The number of halogens is 2. The summed E-state index contributed by atoms with van der Waals surface area (Å²) in [6, 6.07) is 15.1. The van der Waals surface area contributed by atoms with Crippen LogP contribution in [0.4, 0.5) is 0 Å². The number of aliphatic hydroxyl groups is 1. The standard InChI is InChI=1S/C18H17Br2NO2/c19-15-8-7-13(11-16(15)20)17(22)21-10-4-9-18(23,12-21)14-5-2-1-3-6-14/h1-3,5-8,11,23H,4,9-10,12H2. The molecule has 1 heterocycles.